The zero-order valence-corrected chi connectivity index (χ0v) is 13.9. The molecule has 0 aliphatic rings. The van der Waals surface area contributed by atoms with Crippen LogP contribution in [0.25, 0.3) is 0 Å². The second kappa shape index (κ2) is 7.29. The van der Waals surface area contributed by atoms with Crippen LogP contribution in [-0.4, -0.2) is 24.3 Å². The number of phenolic OH excluding ortho intramolecular Hbond substituents is 1. The molecule has 0 saturated carbocycles. The summed E-state index contributed by atoms with van der Waals surface area (Å²) in [6.45, 7) is 0. The summed E-state index contributed by atoms with van der Waals surface area (Å²) in [6, 6.07) is 9.88. The summed E-state index contributed by atoms with van der Waals surface area (Å²) in [4.78, 5) is 11.9. The lowest BCUT2D eigenvalue weighted by molar-refractivity contribution is 0.0955. The third-order valence-electron chi connectivity index (χ3n) is 2.75. The molecule has 0 aliphatic carbocycles. The smallest absolute Gasteiger partial charge is 0.271 e. The summed E-state index contributed by atoms with van der Waals surface area (Å²) >= 11 is 9.20. The Kier molecular flexibility index (Phi) is 5.41. The number of amides is 1. The molecular formula is C15H12BrClN2O3. The number of ether oxygens (including phenoxy) is 1. The van der Waals surface area contributed by atoms with Gasteiger partial charge in [-0.1, -0.05) is 33.6 Å². The van der Waals surface area contributed by atoms with Gasteiger partial charge in [-0.15, -0.1) is 0 Å². The van der Waals surface area contributed by atoms with Gasteiger partial charge in [-0.05, 0) is 24.3 Å². The van der Waals surface area contributed by atoms with Crippen molar-refractivity contribution < 1.29 is 14.6 Å². The van der Waals surface area contributed by atoms with Gasteiger partial charge in [0.2, 0.25) is 0 Å². The maximum Gasteiger partial charge on any atom is 0.271 e. The molecule has 0 unspecified atom stereocenters. The molecule has 0 bridgehead atoms. The SMILES string of the molecule is COc1cc(Cl)cc(/C=N\NC(=O)c2cccc(Br)c2)c1O. The second-order valence-corrected chi connectivity index (χ2v) is 5.61. The van der Waals surface area contributed by atoms with Crippen molar-refractivity contribution in [3.63, 3.8) is 0 Å². The van der Waals surface area contributed by atoms with Crippen molar-refractivity contribution in [3.8, 4) is 11.5 Å². The average Bonchev–Trinajstić information content (AvgIpc) is 2.50. The lowest BCUT2D eigenvalue weighted by Gasteiger charge is -2.06. The Balaban J connectivity index is 2.13. The van der Waals surface area contributed by atoms with Gasteiger partial charge < -0.3 is 9.84 Å². The quantitative estimate of drug-likeness (QED) is 0.626. The van der Waals surface area contributed by atoms with Gasteiger partial charge in [0.05, 0.1) is 13.3 Å². The second-order valence-electron chi connectivity index (χ2n) is 4.26. The number of hydrogen-bond acceptors (Lipinski definition) is 4. The molecule has 2 rings (SSSR count). The number of carbonyl (C=O) groups excluding carboxylic acids is 1. The van der Waals surface area contributed by atoms with Crippen molar-refractivity contribution in [1.82, 2.24) is 5.43 Å². The van der Waals surface area contributed by atoms with Crippen LogP contribution in [0, 0.1) is 0 Å². The van der Waals surface area contributed by atoms with E-state index in [2.05, 4.69) is 26.5 Å². The number of nitrogens with zero attached hydrogens (tertiary/aromatic N) is 1. The molecule has 2 aromatic carbocycles. The van der Waals surface area contributed by atoms with E-state index in [4.69, 9.17) is 16.3 Å². The summed E-state index contributed by atoms with van der Waals surface area (Å²) < 4.78 is 5.78. The Morgan fingerprint density at radius 2 is 2.18 bits per heavy atom. The summed E-state index contributed by atoms with van der Waals surface area (Å²) in [7, 11) is 1.42. The van der Waals surface area contributed by atoms with Crippen molar-refractivity contribution in [1.29, 1.82) is 0 Å². The maximum absolute atomic E-state index is 11.9. The largest absolute Gasteiger partial charge is 0.504 e. The van der Waals surface area contributed by atoms with E-state index in [1.165, 1.54) is 25.5 Å². The Hall–Kier alpha value is -2.05. The molecule has 2 N–H and O–H groups in total. The lowest BCUT2D eigenvalue weighted by Crippen LogP contribution is -2.17. The van der Waals surface area contributed by atoms with Gasteiger partial charge >= 0.3 is 0 Å². The molecule has 0 radical (unpaired) electrons. The molecule has 0 atom stereocenters. The number of carbonyl (C=O) groups is 1. The highest BCUT2D eigenvalue weighted by Crippen LogP contribution is 2.32. The Morgan fingerprint density at radius 3 is 2.86 bits per heavy atom. The van der Waals surface area contributed by atoms with E-state index in [-0.39, 0.29) is 17.4 Å². The van der Waals surface area contributed by atoms with E-state index in [0.717, 1.165) is 4.47 Å². The van der Waals surface area contributed by atoms with E-state index in [1.807, 2.05) is 6.07 Å². The van der Waals surface area contributed by atoms with Gasteiger partial charge in [-0.3, -0.25) is 4.79 Å². The lowest BCUT2D eigenvalue weighted by atomic mass is 10.2. The minimum absolute atomic E-state index is 0.104. The fourth-order valence-electron chi connectivity index (χ4n) is 1.70. The molecule has 0 saturated heterocycles. The first kappa shape index (κ1) is 16.3. The predicted octanol–water partition coefficient (Wildman–Crippen LogP) is 3.58. The third-order valence-corrected chi connectivity index (χ3v) is 3.46. The van der Waals surface area contributed by atoms with Crippen molar-refractivity contribution in [2.75, 3.05) is 7.11 Å². The van der Waals surface area contributed by atoms with E-state index in [1.54, 1.807) is 18.2 Å². The number of hydrazone groups is 1. The van der Waals surface area contributed by atoms with Crippen LogP contribution in [0.4, 0.5) is 0 Å². The first-order valence-electron chi connectivity index (χ1n) is 6.16. The van der Waals surface area contributed by atoms with Gasteiger partial charge in [0.15, 0.2) is 11.5 Å². The fourth-order valence-corrected chi connectivity index (χ4v) is 2.32. The van der Waals surface area contributed by atoms with Crippen LogP contribution in [0.2, 0.25) is 5.02 Å². The van der Waals surface area contributed by atoms with Crippen molar-refractivity contribution in [2.24, 2.45) is 5.10 Å². The molecule has 114 valence electrons. The van der Waals surface area contributed by atoms with Crippen LogP contribution >= 0.6 is 27.5 Å². The van der Waals surface area contributed by atoms with Gasteiger partial charge in [0.25, 0.3) is 5.91 Å². The number of benzene rings is 2. The highest BCUT2D eigenvalue weighted by Gasteiger charge is 2.09. The number of rotatable bonds is 4. The normalized spacial score (nSPS) is 10.7. The van der Waals surface area contributed by atoms with Gasteiger partial charge in [-0.2, -0.15) is 5.10 Å². The third kappa shape index (κ3) is 3.99. The molecule has 0 aromatic heterocycles. The molecule has 0 aliphatic heterocycles. The van der Waals surface area contributed by atoms with Gasteiger partial charge in [-0.25, -0.2) is 5.43 Å². The molecule has 7 heteroatoms. The Morgan fingerprint density at radius 1 is 1.41 bits per heavy atom. The van der Waals surface area contributed by atoms with Crippen LogP contribution in [0.15, 0.2) is 46.0 Å². The summed E-state index contributed by atoms with van der Waals surface area (Å²) in [6.07, 6.45) is 1.29. The summed E-state index contributed by atoms with van der Waals surface area (Å²) in [5, 5.41) is 14.1. The number of methoxy groups -OCH3 is 1. The number of hydrogen-bond donors (Lipinski definition) is 2. The highest BCUT2D eigenvalue weighted by molar-refractivity contribution is 9.10. The van der Waals surface area contributed by atoms with Crippen LogP contribution in [0.3, 0.4) is 0 Å². The first-order valence-corrected chi connectivity index (χ1v) is 7.34. The standard InChI is InChI=1S/C15H12BrClN2O3/c1-22-13-7-12(17)6-10(14(13)20)8-18-19-15(21)9-3-2-4-11(16)5-9/h2-8,20H,1H3,(H,19,21)/b18-8-. The number of phenols is 1. The monoisotopic (exact) mass is 382 g/mol. The minimum Gasteiger partial charge on any atom is -0.504 e. The van der Waals surface area contributed by atoms with Crippen molar-refractivity contribution in [3.05, 3.63) is 57.0 Å². The van der Waals surface area contributed by atoms with E-state index in [9.17, 15) is 9.90 Å². The van der Waals surface area contributed by atoms with Gasteiger partial charge in [0, 0.05) is 26.7 Å². The summed E-state index contributed by atoms with van der Waals surface area (Å²) in [5.74, 6) is -0.245. The predicted molar refractivity (Wildman–Crippen MR) is 88.9 cm³/mol. The fraction of sp³-hybridized carbons (Fsp3) is 0.0667. The Labute approximate surface area is 140 Å². The molecular weight excluding hydrogens is 372 g/mol. The van der Waals surface area contributed by atoms with Crippen molar-refractivity contribution >= 4 is 39.7 Å². The summed E-state index contributed by atoms with van der Waals surface area (Å²) in [5.41, 5.74) is 3.16. The minimum atomic E-state index is -0.369. The van der Waals surface area contributed by atoms with Crippen molar-refractivity contribution in [2.45, 2.75) is 0 Å². The maximum atomic E-state index is 11.9. The number of halogens is 2. The molecule has 0 heterocycles. The van der Waals surface area contributed by atoms with E-state index >= 15 is 0 Å². The van der Waals surface area contributed by atoms with E-state index in [0.29, 0.717) is 16.1 Å². The topological polar surface area (TPSA) is 70.9 Å². The molecule has 0 spiro atoms. The molecule has 2 aromatic rings. The first-order chi connectivity index (χ1) is 10.5. The van der Waals surface area contributed by atoms with Crippen LogP contribution in [0.5, 0.6) is 11.5 Å². The molecule has 1 amide bonds. The zero-order chi connectivity index (χ0) is 16.1. The average molecular weight is 384 g/mol. The van der Waals surface area contributed by atoms with Crippen LogP contribution in [-0.2, 0) is 0 Å². The molecule has 0 fully saturated rings. The number of nitrogens with one attached hydrogen (secondary N) is 1. The molecule has 22 heavy (non-hydrogen) atoms. The molecule has 5 nitrogen and oxygen atoms in total. The highest BCUT2D eigenvalue weighted by atomic mass is 79.9. The van der Waals surface area contributed by atoms with Crippen LogP contribution in [0.1, 0.15) is 15.9 Å². The number of aromatic hydroxyl groups is 1. The zero-order valence-electron chi connectivity index (χ0n) is 11.5. The van der Waals surface area contributed by atoms with Crippen LogP contribution < -0.4 is 10.2 Å². The Bertz CT molecular complexity index is 735. The van der Waals surface area contributed by atoms with Gasteiger partial charge in [0.1, 0.15) is 0 Å². The van der Waals surface area contributed by atoms with E-state index < -0.39 is 0 Å².